The summed E-state index contributed by atoms with van der Waals surface area (Å²) in [7, 11) is -3.64. The first-order chi connectivity index (χ1) is 12.8. The minimum Gasteiger partial charge on any atom is -0.450 e. The second-order valence-electron chi connectivity index (χ2n) is 7.11. The van der Waals surface area contributed by atoms with Gasteiger partial charge < -0.3 is 15.0 Å². The lowest BCUT2D eigenvalue weighted by atomic mass is 9.98. The third-order valence-corrected chi connectivity index (χ3v) is 7.18. The second-order valence-corrected chi connectivity index (χ2v) is 9.04. The maximum absolute atomic E-state index is 13.0. The van der Waals surface area contributed by atoms with Crippen molar-refractivity contribution in [2.45, 2.75) is 46.1 Å². The van der Waals surface area contributed by atoms with Crippen molar-refractivity contribution in [2.24, 2.45) is 5.92 Å². The van der Waals surface area contributed by atoms with Crippen LogP contribution in [0.3, 0.4) is 0 Å². The normalized spacial score (nSPS) is 23.7. The standard InChI is InChI=1S/C17H32N4O5S/c1-4-14(3)18-16(22)15-7-6-8-21(13-15)27(24,25)20-11-9-19(10-12-20)17(23)26-5-2/h14-15H,4-13H2,1-3H3,(H,18,22)/t14-,15-/m1/s1. The van der Waals surface area contributed by atoms with Crippen LogP contribution in [0.15, 0.2) is 0 Å². The summed E-state index contributed by atoms with van der Waals surface area (Å²) in [6, 6.07) is 0.0837. The van der Waals surface area contributed by atoms with E-state index < -0.39 is 16.3 Å². The zero-order valence-electron chi connectivity index (χ0n) is 16.5. The average molecular weight is 405 g/mol. The number of piperazine rings is 1. The molecule has 2 rings (SSSR count). The highest BCUT2D eigenvalue weighted by Gasteiger charge is 2.37. The van der Waals surface area contributed by atoms with Gasteiger partial charge in [0.25, 0.3) is 10.2 Å². The number of nitrogens with zero attached hydrogens (tertiary/aromatic N) is 3. The second kappa shape index (κ2) is 9.70. The number of hydrogen-bond acceptors (Lipinski definition) is 5. The van der Waals surface area contributed by atoms with Crippen LogP contribution < -0.4 is 5.32 Å². The number of carbonyl (C=O) groups excluding carboxylic acids is 2. The van der Waals surface area contributed by atoms with Crippen molar-refractivity contribution < 1.29 is 22.7 Å². The molecule has 0 aromatic heterocycles. The molecule has 2 aliphatic rings. The van der Waals surface area contributed by atoms with Crippen LogP contribution in [0.25, 0.3) is 0 Å². The minimum atomic E-state index is -3.64. The Balaban J connectivity index is 1.94. The fourth-order valence-corrected chi connectivity index (χ4v) is 4.99. The summed E-state index contributed by atoms with van der Waals surface area (Å²) in [5.74, 6) is -0.389. The van der Waals surface area contributed by atoms with E-state index in [1.165, 1.54) is 13.5 Å². The Kier molecular flexibility index (Phi) is 7.87. The molecule has 0 spiro atoms. The Bertz CT molecular complexity index is 619. The molecular formula is C17H32N4O5S. The lowest BCUT2D eigenvalue weighted by Crippen LogP contribution is -2.56. The maximum atomic E-state index is 13.0. The summed E-state index contributed by atoms with van der Waals surface area (Å²) >= 11 is 0. The van der Waals surface area contributed by atoms with E-state index in [1.807, 2.05) is 13.8 Å². The molecule has 2 atom stereocenters. The SMILES string of the molecule is CCOC(=O)N1CCN(S(=O)(=O)N2CCC[C@@H](C(=O)N[C@H](C)CC)C2)CC1. The predicted molar refractivity (Wildman–Crippen MR) is 101 cm³/mol. The molecule has 27 heavy (non-hydrogen) atoms. The third kappa shape index (κ3) is 5.55. The number of hydrogen-bond donors (Lipinski definition) is 1. The van der Waals surface area contributed by atoms with E-state index in [9.17, 15) is 18.0 Å². The molecule has 2 saturated heterocycles. The highest BCUT2D eigenvalue weighted by atomic mass is 32.2. The smallest absolute Gasteiger partial charge is 0.409 e. The van der Waals surface area contributed by atoms with Gasteiger partial charge in [-0.3, -0.25) is 4.79 Å². The Hall–Kier alpha value is -1.39. The van der Waals surface area contributed by atoms with Crippen molar-refractivity contribution >= 4 is 22.2 Å². The molecule has 0 saturated carbocycles. The quantitative estimate of drug-likeness (QED) is 0.700. The molecule has 9 nitrogen and oxygen atoms in total. The van der Waals surface area contributed by atoms with Crippen LogP contribution in [0.1, 0.15) is 40.0 Å². The fraction of sp³-hybridized carbons (Fsp3) is 0.882. The molecule has 2 aliphatic heterocycles. The van der Waals surface area contributed by atoms with Crippen LogP contribution in [-0.2, 0) is 19.7 Å². The molecule has 0 aliphatic carbocycles. The van der Waals surface area contributed by atoms with Gasteiger partial charge in [0.1, 0.15) is 0 Å². The largest absolute Gasteiger partial charge is 0.450 e. The van der Waals surface area contributed by atoms with Gasteiger partial charge in [0.2, 0.25) is 5.91 Å². The molecule has 0 radical (unpaired) electrons. The summed E-state index contributed by atoms with van der Waals surface area (Å²) in [6.45, 7) is 7.71. The number of rotatable bonds is 6. The van der Waals surface area contributed by atoms with E-state index >= 15 is 0 Å². The molecule has 0 aromatic carbocycles. The molecular weight excluding hydrogens is 372 g/mol. The van der Waals surface area contributed by atoms with Gasteiger partial charge in [0.15, 0.2) is 0 Å². The third-order valence-electron chi connectivity index (χ3n) is 5.17. The average Bonchev–Trinajstić information content (AvgIpc) is 2.68. The van der Waals surface area contributed by atoms with Crippen LogP contribution in [0.5, 0.6) is 0 Å². The molecule has 2 amide bonds. The topological polar surface area (TPSA) is 99.3 Å². The van der Waals surface area contributed by atoms with Crippen LogP contribution in [-0.4, -0.2) is 85.8 Å². The highest BCUT2D eigenvalue weighted by molar-refractivity contribution is 7.86. The van der Waals surface area contributed by atoms with E-state index in [0.29, 0.717) is 39.1 Å². The number of carbonyl (C=O) groups is 2. The first-order valence-electron chi connectivity index (χ1n) is 9.76. The van der Waals surface area contributed by atoms with Crippen molar-refractivity contribution in [3.05, 3.63) is 0 Å². The van der Waals surface area contributed by atoms with Crippen LogP contribution >= 0.6 is 0 Å². The van der Waals surface area contributed by atoms with Crippen molar-refractivity contribution in [1.29, 1.82) is 0 Å². The zero-order valence-corrected chi connectivity index (χ0v) is 17.3. The fourth-order valence-electron chi connectivity index (χ4n) is 3.31. The van der Waals surface area contributed by atoms with E-state index in [-0.39, 0.29) is 37.5 Å². The number of ether oxygens (including phenoxy) is 1. The van der Waals surface area contributed by atoms with Gasteiger partial charge in [-0.05, 0) is 33.1 Å². The number of amides is 2. The van der Waals surface area contributed by atoms with Crippen LogP contribution in [0, 0.1) is 5.92 Å². The predicted octanol–water partition coefficient (Wildman–Crippen LogP) is 0.632. The molecule has 0 aromatic rings. The van der Waals surface area contributed by atoms with Gasteiger partial charge in [0, 0.05) is 45.3 Å². The number of piperidine rings is 1. The van der Waals surface area contributed by atoms with E-state index in [1.54, 1.807) is 6.92 Å². The molecule has 156 valence electrons. The minimum absolute atomic E-state index is 0.0728. The Labute approximate surface area is 162 Å². The van der Waals surface area contributed by atoms with E-state index in [2.05, 4.69) is 5.32 Å². The van der Waals surface area contributed by atoms with Gasteiger partial charge in [-0.15, -0.1) is 0 Å². The molecule has 0 unspecified atom stereocenters. The van der Waals surface area contributed by atoms with Crippen molar-refractivity contribution in [1.82, 2.24) is 18.8 Å². The monoisotopic (exact) mass is 404 g/mol. The van der Waals surface area contributed by atoms with Crippen molar-refractivity contribution in [3.63, 3.8) is 0 Å². The highest BCUT2D eigenvalue weighted by Crippen LogP contribution is 2.22. The molecule has 0 bridgehead atoms. The van der Waals surface area contributed by atoms with Gasteiger partial charge in [-0.1, -0.05) is 6.92 Å². The Morgan fingerprint density at radius 2 is 1.78 bits per heavy atom. The van der Waals surface area contributed by atoms with Gasteiger partial charge in [-0.2, -0.15) is 17.0 Å². The Morgan fingerprint density at radius 3 is 2.37 bits per heavy atom. The molecule has 2 fully saturated rings. The van der Waals surface area contributed by atoms with Crippen LogP contribution in [0.2, 0.25) is 0 Å². The van der Waals surface area contributed by atoms with Crippen molar-refractivity contribution in [3.8, 4) is 0 Å². The van der Waals surface area contributed by atoms with Gasteiger partial charge in [0.05, 0.1) is 12.5 Å². The van der Waals surface area contributed by atoms with E-state index in [4.69, 9.17) is 4.74 Å². The molecule has 10 heteroatoms. The summed E-state index contributed by atoms with van der Waals surface area (Å²) in [5.41, 5.74) is 0. The first kappa shape index (κ1) is 21.9. The lowest BCUT2D eigenvalue weighted by Gasteiger charge is -2.38. The van der Waals surface area contributed by atoms with Gasteiger partial charge in [-0.25, -0.2) is 4.79 Å². The van der Waals surface area contributed by atoms with Crippen LogP contribution in [0.4, 0.5) is 4.79 Å². The van der Waals surface area contributed by atoms with E-state index in [0.717, 1.165) is 6.42 Å². The van der Waals surface area contributed by atoms with Gasteiger partial charge >= 0.3 is 6.09 Å². The van der Waals surface area contributed by atoms with Crippen molar-refractivity contribution in [2.75, 3.05) is 45.9 Å². The zero-order chi connectivity index (χ0) is 20.0. The molecule has 1 N–H and O–H groups in total. The lowest BCUT2D eigenvalue weighted by molar-refractivity contribution is -0.126. The molecule has 2 heterocycles. The summed E-state index contributed by atoms with van der Waals surface area (Å²) in [6.07, 6.45) is 1.80. The first-order valence-corrected chi connectivity index (χ1v) is 11.2. The maximum Gasteiger partial charge on any atom is 0.409 e. The Morgan fingerprint density at radius 1 is 1.11 bits per heavy atom. The number of nitrogens with one attached hydrogen (secondary N) is 1. The summed E-state index contributed by atoms with van der Waals surface area (Å²) in [5, 5.41) is 2.95. The summed E-state index contributed by atoms with van der Waals surface area (Å²) < 4.78 is 33.7. The summed E-state index contributed by atoms with van der Waals surface area (Å²) in [4.78, 5) is 25.7.